The van der Waals surface area contributed by atoms with E-state index in [9.17, 15) is 0 Å². The third-order valence-corrected chi connectivity index (χ3v) is 5.19. The van der Waals surface area contributed by atoms with Crippen molar-refractivity contribution in [2.45, 2.75) is 15.7 Å². The average molecular weight is 315 g/mol. The van der Waals surface area contributed by atoms with Crippen LogP contribution in [0.5, 0.6) is 0 Å². The van der Waals surface area contributed by atoms with Crippen molar-refractivity contribution in [2.75, 3.05) is 25.5 Å². The zero-order chi connectivity index (χ0) is 13.8. The number of nitrogens with zero attached hydrogens (tertiary/aromatic N) is 3. The minimum Gasteiger partial charge on any atom is -0.353 e. The van der Waals surface area contributed by atoms with Crippen molar-refractivity contribution in [2.24, 2.45) is 5.73 Å². The van der Waals surface area contributed by atoms with Crippen molar-refractivity contribution in [3.63, 3.8) is 0 Å². The van der Waals surface area contributed by atoms with Crippen molar-refractivity contribution < 1.29 is 0 Å². The van der Waals surface area contributed by atoms with E-state index in [1.54, 1.807) is 23.1 Å². The predicted molar refractivity (Wildman–Crippen MR) is 82.6 cm³/mol. The van der Waals surface area contributed by atoms with Crippen LogP contribution in [0.4, 0.5) is 5.13 Å². The molecule has 0 atom stereocenters. The number of rotatable bonds is 5. The van der Waals surface area contributed by atoms with Gasteiger partial charge in [-0.05, 0) is 24.6 Å². The molecule has 2 N–H and O–H groups in total. The number of halogens is 1. The van der Waals surface area contributed by atoms with Gasteiger partial charge in [-0.3, -0.25) is 0 Å². The summed E-state index contributed by atoms with van der Waals surface area (Å²) in [5, 5.41) is 9.92. The van der Waals surface area contributed by atoms with Crippen molar-refractivity contribution in [1.82, 2.24) is 10.2 Å². The van der Waals surface area contributed by atoms with Crippen LogP contribution in [0.3, 0.4) is 0 Å². The Balaban J connectivity index is 2.26. The Bertz CT molecular complexity index is 556. The first-order valence-electron chi connectivity index (χ1n) is 5.78. The molecule has 0 amide bonds. The average Bonchev–Trinajstić information content (AvgIpc) is 2.82. The van der Waals surface area contributed by atoms with E-state index in [4.69, 9.17) is 17.3 Å². The fourth-order valence-corrected chi connectivity index (χ4v) is 3.71. The van der Waals surface area contributed by atoms with Gasteiger partial charge >= 0.3 is 0 Å². The third-order valence-electron chi connectivity index (χ3n) is 2.43. The number of hydrogen-bond donors (Lipinski definition) is 1. The second kappa shape index (κ2) is 6.56. The largest absolute Gasteiger partial charge is 0.353 e. The third kappa shape index (κ3) is 3.60. The summed E-state index contributed by atoms with van der Waals surface area (Å²) in [6.45, 7) is 0.604. The van der Waals surface area contributed by atoms with E-state index in [0.717, 1.165) is 31.4 Å². The molecule has 0 radical (unpaired) electrons. The van der Waals surface area contributed by atoms with E-state index in [1.165, 1.54) is 0 Å². The highest BCUT2D eigenvalue weighted by Crippen LogP contribution is 2.38. The summed E-state index contributed by atoms with van der Waals surface area (Å²) in [5.74, 6) is 0. The molecule has 1 aromatic heterocycles. The van der Waals surface area contributed by atoms with Crippen LogP contribution in [0.15, 0.2) is 27.4 Å². The normalized spacial score (nSPS) is 10.7. The number of anilines is 1. The number of nitrogens with two attached hydrogens (primary N) is 1. The molecule has 0 aliphatic rings. The van der Waals surface area contributed by atoms with Gasteiger partial charge in [-0.15, -0.1) is 10.2 Å². The minimum absolute atomic E-state index is 0.604. The van der Waals surface area contributed by atoms with Gasteiger partial charge in [0.2, 0.25) is 5.13 Å². The summed E-state index contributed by atoms with van der Waals surface area (Å²) in [4.78, 5) is 2.96. The number of benzene rings is 1. The standard InChI is InChI=1S/C12H15ClN4S2/c1-17(2)11-15-16-12(19-11)18-10-8(6-7-14)4-3-5-9(10)13/h3-5H,6-7,14H2,1-2H3. The summed E-state index contributed by atoms with van der Waals surface area (Å²) in [6.07, 6.45) is 0.808. The molecule has 0 aliphatic carbocycles. The molecule has 1 heterocycles. The van der Waals surface area contributed by atoms with E-state index in [0.29, 0.717) is 6.54 Å². The first-order chi connectivity index (χ1) is 9.11. The maximum Gasteiger partial charge on any atom is 0.208 e. The topological polar surface area (TPSA) is 55.0 Å². The highest BCUT2D eigenvalue weighted by molar-refractivity contribution is 8.01. The molecular formula is C12H15ClN4S2. The van der Waals surface area contributed by atoms with Crippen LogP contribution in [0.2, 0.25) is 5.02 Å². The van der Waals surface area contributed by atoms with Gasteiger partial charge in [-0.2, -0.15) is 0 Å². The minimum atomic E-state index is 0.604. The molecule has 0 fully saturated rings. The molecule has 0 saturated carbocycles. The lowest BCUT2D eigenvalue weighted by molar-refractivity contribution is 0.941. The molecule has 0 bridgehead atoms. The molecule has 2 aromatic rings. The maximum atomic E-state index is 6.27. The van der Waals surface area contributed by atoms with E-state index in [1.807, 2.05) is 31.1 Å². The maximum absolute atomic E-state index is 6.27. The van der Waals surface area contributed by atoms with Crippen LogP contribution in [0.1, 0.15) is 5.56 Å². The first-order valence-corrected chi connectivity index (χ1v) is 7.79. The molecule has 7 heteroatoms. The smallest absolute Gasteiger partial charge is 0.208 e. The van der Waals surface area contributed by atoms with Gasteiger partial charge < -0.3 is 10.6 Å². The fraction of sp³-hybridized carbons (Fsp3) is 0.333. The Morgan fingerprint density at radius 2 is 2.16 bits per heavy atom. The number of aromatic nitrogens is 2. The van der Waals surface area contributed by atoms with Crippen LogP contribution in [-0.2, 0) is 6.42 Å². The molecule has 0 spiro atoms. The lowest BCUT2D eigenvalue weighted by atomic mass is 10.1. The van der Waals surface area contributed by atoms with Crippen LogP contribution in [0.25, 0.3) is 0 Å². The van der Waals surface area contributed by atoms with Gasteiger partial charge in [-0.1, -0.05) is 46.8 Å². The summed E-state index contributed by atoms with van der Waals surface area (Å²) in [5.41, 5.74) is 6.79. The lowest BCUT2D eigenvalue weighted by Crippen LogP contribution is -2.07. The van der Waals surface area contributed by atoms with Gasteiger partial charge in [0.1, 0.15) is 0 Å². The quantitative estimate of drug-likeness (QED) is 0.919. The van der Waals surface area contributed by atoms with E-state index < -0.39 is 0 Å². The second-order valence-electron chi connectivity index (χ2n) is 4.11. The van der Waals surface area contributed by atoms with E-state index in [2.05, 4.69) is 16.3 Å². The van der Waals surface area contributed by atoms with Crippen molar-refractivity contribution >= 4 is 39.8 Å². The molecule has 0 saturated heterocycles. The molecule has 1 aromatic carbocycles. The summed E-state index contributed by atoms with van der Waals surface area (Å²) in [7, 11) is 3.90. The predicted octanol–water partition coefficient (Wildman–Crippen LogP) is 2.91. The zero-order valence-corrected chi connectivity index (χ0v) is 13.1. The molecular weight excluding hydrogens is 300 g/mol. The zero-order valence-electron chi connectivity index (χ0n) is 10.8. The second-order valence-corrected chi connectivity index (χ2v) is 6.73. The number of hydrogen-bond acceptors (Lipinski definition) is 6. The molecule has 2 rings (SSSR count). The Hall–Kier alpha value is -0.820. The van der Waals surface area contributed by atoms with Gasteiger partial charge in [0, 0.05) is 19.0 Å². The van der Waals surface area contributed by atoms with Crippen molar-refractivity contribution in [3.05, 3.63) is 28.8 Å². The van der Waals surface area contributed by atoms with Crippen LogP contribution >= 0.6 is 34.7 Å². The van der Waals surface area contributed by atoms with Crippen LogP contribution in [-0.4, -0.2) is 30.8 Å². The molecule has 0 aliphatic heterocycles. The Kier molecular flexibility index (Phi) is 5.04. The molecule has 0 unspecified atom stereocenters. The SMILES string of the molecule is CN(C)c1nnc(Sc2c(Cl)cccc2CCN)s1. The molecule has 4 nitrogen and oxygen atoms in total. The lowest BCUT2D eigenvalue weighted by Gasteiger charge is -2.08. The Labute approximate surface area is 126 Å². The van der Waals surface area contributed by atoms with Crippen molar-refractivity contribution in [3.8, 4) is 0 Å². The van der Waals surface area contributed by atoms with Crippen molar-refractivity contribution in [1.29, 1.82) is 0 Å². The summed E-state index contributed by atoms with van der Waals surface area (Å²) < 4.78 is 0.884. The van der Waals surface area contributed by atoms with Gasteiger partial charge in [0.25, 0.3) is 0 Å². The highest BCUT2D eigenvalue weighted by Gasteiger charge is 2.12. The summed E-state index contributed by atoms with van der Waals surface area (Å²) >= 11 is 9.37. The molecule has 19 heavy (non-hydrogen) atoms. The monoisotopic (exact) mass is 314 g/mol. The Morgan fingerprint density at radius 1 is 1.37 bits per heavy atom. The molecule has 102 valence electrons. The van der Waals surface area contributed by atoms with Gasteiger partial charge in [0.05, 0.1) is 5.02 Å². The fourth-order valence-electron chi connectivity index (χ4n) is 1.53. The van der Waals surface area contributed by atoms with Crippen LogP contribution < -0.4 is 10.6 Å². The summed E-state index contributed by atoms with van der Waals surface area (Å²) in [6, 6.07) is 5.88. The van der Waals surface area contributed by atoms with E-state index in [-0.39, 0.29) is 0 Å². The van der Waals surface area contributed by atoms with Gasteiger partial charge in [0.15, 0.2) is 4.34 Å². The van der Waals surface area contributed by atoms with Crippen LogP contribution in [0, 0.1) is 0 Å². The first kappa shape index (κ1) is 14.6. The van der Waals surface area contributed by atoms with E-state index >= 15 is 0 Å². The van der Waals surface area contributed by atoms with Gasteiger partial charge in [-0.25, -0.2) is 0 Å². The Morgan fingerprint density at radius 3 is 2.79 bits per heavy atom. The highest BCUT2D eigenvalue weighted by atomic mass is 35.5.